The van der Waals surface area contributed by atoms with Crippen molar-refractivity contribution in [3.05, 3.63) is 0 Å². The van der Waals surface area contributed by atoms with E-state index in [9.17, 15) is 0 Å². The first kappa shape index (κ1) is 15.3. The lowest BCUT2D eigenvalue weighted by molar-refractivity contribution is -0.0668. The molecule has 3 heteroatoms. The Morgan fingerprint density at radius 1 is 1.21 bits per heavy atom. The maximum Gasteiger partial charge on any atom is 0.0674 e. The van der Waals surface area contributed by atoms with Crippen molar-refractivity contribution in [3.8, 4) is 0 Å². The van der Waals surface area contributed by atoms with Crippen LogP contribution in [-0.2, 0) is 4.74 Å². The summed E-state index contributed by atoms with van der Waals surface area (Å²) in [6.07, 6.45) is 4.09. The Kier molecular flexibility index (Phi) is 5.27. The van der Waals surface area contributed by atoms with Gasteiger partial charge in [0, 0.05) is 25.2 Å². The van der Waals surface area contributed by atoms with E-state index in [1.807, 2.05) is 0 Å². The van der Waals surface area contributed by atoms with E-state index in [-0.39, 0.29) is 0 Å². The summed E-state index contributed by atoms with van der Waals surface area (Å²) in [6, 6.07) is 0.976. The van der Waals surface area contributed by atoms with Gasteiger partial charge in [-0.25, -0.2) is 0 Å². The third kappa shape index (κ3) is 3.71. The molecule has 0 aromatic rings. The number of nitrogens with zero attached hydrogens (tertiary/aromatic N) is 1. The molecule has 0 radical (unpaired) electrons. The van der Waals surface area contributed by atoms with Crippen molar-refractivity contribution in [2.75, 3.05) is 19.7 Å². The fourth-order valence-corrected chi connectivity index (χ4v) is 4.07. The quantitative estimate of drug-likeness (QED) is 0.854. The zero-order valence-corrected chi connectivity index (χ0v) is 13.1. The Bertz CT molecular complexity index is 272. The van der Waals surface area contributed by atoms with Gasteiger partial charge in [0.05, 0.1) is 12.7 Å². The van der Waals surface area contributed by atoms with Gasteiger partial charge in [-0.2, -0.15) is 0 Å². The van der Waals surface area contributed by atoms with Crippen LogP contribution < -0.4 is 5.73 Å². The number of hydrogen-bond acceptors (Lipinski definition) is 3. The van der Waals surface area contributed by atoms with E-state index >= 15 is 0 Å². The minimum Gasteiger partial charge on any atom is -0.376 e. The molecule has 0 amide bonds. The highest BCUT2D eigenvalue weighted by Crippen LogP contribution is 2.34. The number of rotatable bonds is 3. The van der Waals surface area contributed by atoms with Gasteiger partial charge >= 0.3 is 0 Å². The largest absolute Gasteiger partial charge is 0.376 e. The molecule has 0 bridgehead atoms. The first-order valence-corrected chi connectivity index (χ1v) is 8.12. The first-order chi connectivity index (χ1) is 9.01. The predicted molar refractivity (Wildman–Crippen MR) is 80.1 cm³/mol. The first-order valence-electron chi connectivity index (χ1n) is 8.12. The zero-order chi connectivity index (χ0) is 14.0. The van der Waals surface area contributed by atoms with Crippen molar-refractivity contribution in [1.29, 1.82) is 0 Å². The van der Waals surface area contributed by atoms with Crippen molar-refractivity contribution < 1.29 is 4.74 Å². The third-order valence-corrected chi connectivity index (χ3v) is 5.23. The van der Waals surface area contributed by atoms with Crippen LogP contribution in [0.25, 0.3) is 0 Å². The number of ether oxygens (including phenoxy) is 1. The summed E-state index contributed by atoms with van der Waals surface area (Å²) in [6.45, 7) is 12.3. The molecule has 6 atom stereocenters. The molecular formula is C16H32N2O. The van der Waals surface area contributed by atoms with Gasteiger partial charge in [-0.1, -0.05) is 20.8 Å². The molecule has 1 aliphatic carbocycles. The Morgan fingerprint density at radius 3 is 2.58 bits per heavy atom. The van der Waals surface area contributed by atoms with Gasteiger partial charge in [-0.3, -0.25) is 4.90 Å². The van der Waals surface area contributed by atoms with Gasteiger partial charge < -0.3 is 10.5 Å². The fraction of sp³-hybridized carbons (Fsp3) is 1.00. The molecule has 1 heterocycles. The minimum atomic E-state index is 0.372. The van der Waals surface area contributed by atoms with Gasteiger partial charge in [-0.05, 0) is 43.9 Å². The molecule has 2 fully saturated rings. The second-order valence-corrected chi connectivity index (χ2v) is 7.04. The van der Waals surface area contributed by atoms with Gasteiger partial charge in [0.1, 0.15) is 0 Å². The summed E-state index contributed by atoms with van der Waals surface area (Å²) in [5, 5.41) is 0. The Morgan fingerprint density at radius 2 is 1.95 bits per heavy atom. The van der Waals surface area contributed by atoms with Crippen molar-refractivity contribution in [1.82, 2.24) is 4.90 Å². The SMILES string of the molecule is CCC1COC(C)CN1CC1C(C)CC(C)CC1N. The molecule has 1 saturated heterocycles. The lowest BCUT2D eigenvalue weighted by Gasteiger charge is -2.45. The van der Waals surface area contributed by atoms with Crippen LogP contribution in [0.1, 0.15) is 47.0 Å². The Balaban J connectivity index is 1.97. The molecule has 2 N–H and O–H groups in total. The topological polar surface area (TPSA) is 38.5 Å². The van der Waals surface area contributed by atoms with Crippen molar-refractivity contribution in [2.45, 2.75) is 65.1 Å². The molecule has 2 aliphatic rings. The smallest absolute Gasteiger partial charge is 0.0674 e. The summed E-state index contributed by atoms with van der Waals surface area (Å²) in [4.78, 5) is 2.64. The highest BCUT2D eigenvalue weighted by molar-refractivity contribution is 4.89. The van der Waals surface area contributed by atoms with Crippen LogP contribution in [0.2, 0.25) is 0 Å². The second-order valence-electron chi connectivity index (χ2n) is 7.04. The lowest BCUT2D eigenvalue weighted by Crippen LogP contribution is -2.54. The molecule has 1 aliphatic heterocycles. The van der Waals surface area contributed by atoms with Crippen molar-refractivity contribution >= 4 is 0 Å². The molecule has 0 spiro atoms. The fourth-order valence-electron chi connectivity index (χ4n) is 4.07. The van der Waals surface area contributed by atoms with Crippen LogP contribution in [0.15, 0.2) is 0 Å². The van der Waals surface area contributed by atoms with Crippen molar-refractivity contribution in [2.24, 2.45) is 23.5 Å². The van der Waals surface area contributed by atoms with Crippen LogP contribution in [0.3, 0.4) is 0 Å². The Labute approximate surface area is 118 Å². The van der Waals surface area contributed by atoms with Crippen molar-refractivity contribution in [3.63, 3.8) is 0 Å². The number of nitrogens with two attached hydrogens (primary N) is 1. The van der Waals surface area contributed by atoms with Crippen LogP contribution in [0.4, 0.5) is 0 Å². The second kappa shape index (κ2) is 6.55. The van der Waals surface area contributed by atoms with E-state index in [1.54, 1.807) is 0 Å². The number of morpholine rings is 1. The van der Waals surface area contributed by atoms with Gasteiger partial charge in [-0.15, -0.1) is 0 Å². The molecule has 19 heavy (non-hydrogen) atoms. The molecule has 6 unspecified atom stereocenters. The predicted octanol–water partition coefficient (Wildman–Crippen LogP) is 2.50. The van der Waals surface area contributed by atoms with E-state index in [0.717, 1.165) is 25.0 Å². The van der Waals surface area contributed by atoms with Gasteiger partial charge in [0.15, 0.2) is 0 Å². The summed E-state index contributed by atoms with van der Waals surface area (Å²) in [5.74, 6) is 2.22. The summed E-state index contributed by atoms with van der Waals surface area (Å²) >= 11 is 0. The summed E-state index contributed by atoms with van der Waals surface area (Å²) in [7, 11) is 0. The summed E-state index contributed by atoms with van der Waals surface area (Å²) < 4.78 is 5.80. The van der Waals surface area contributed by atoms with Crippen LogP contribution in [0, 0.1) is 17.8 Å². The average molecular weight is 268 g/mol. The molecule has 112 valence electrons. The van der Waals surface area contributed by atoms with Crippen LogP contribution >= 0.6 is 0 Å². The van der Waals surface area contributed by atoms with Gasteiger partial charge in [0.2, 0.25) is 0 Å². The monoisotopic (exact) mass is 268 g/mol. The molecule has 0 aromatic carbocycles. The molecular weight excluding hydrogens is 236 g/mol. The normalized spacial score (nSPS) is 45.3. The highest BCUT2D eigenvalue weighted by atomic mass is 16.5. The minimum absolute atomic E-state index is 0.372. The molecule has 2 rings (SSSR count). The Hall–Kier alpha value is -0.120. The number of hydrogen-bond donors (Lipinski definition) is 1. The van der Waals surface area contributed by atoms with E-state index in [2.05, 4.69) is 32.6 Å². The molecule has 3 nitrogen and oxygen atoms in total. The van der Waals surface area contributed by atoms with E-state index in [1.165, 1.54) is 25.8 Å². The van der Waals surface area contributed by atoms with Gasteiger partial charge in [0.25, 0.3) is 0 Å². The molecule has 0 aromatic heterocycles. The van der Waals surface area contributed by atoms with E-state index in [0.29, 0.717) is 24.1 Å². The maximum absolute atomic E-state index is 6.44. The van der Waals surface area contributed by atoms with E-state index < -0.39 is 0 Å². The maximum atomic E-state index is 6.44. The van der Waals surface area contributed by atoms with Crippen LogP contribution in [-0.4, -0.2) is 42.8 Å². The third-order valence-electron chi connectivity index (χ3n) is 5.23. The average Bonchev–Trinajstić information content (AvgIpc) is 2.34. The summed E-state index contributed by atoms with van der Waals surface area (Å²) in [5.41, 5.74) is 6.44. The zero-order valence-electron chi connectivity index (χ0n) is 13.1. The standard InChI is InChI=1S/C16H32N2O/c1-5-14-10-19-13(4)8-18(14)9-15-12(3)6-11(2)7-16(15)17/h11-16H,5-10,17H2,1-4H3. The molecule has 1 saturated carbocycles. The van der Waals surface area contributed by atoms with E-state index in [4.69, 9.17) is 10.5 Å². The highest BCUT2D eigenvalue weighted by Gasteiger charge is 2.35. The lowest BCUT2D eigenvalue weighted by atomic mass is 9.72. The van der Waals surface area contributed by atoms with Crippen LogP contribution in [0.5, 0.6) is 0 Å².